The zero-order chi connectivity index (χ0) is 14.6. The number of rotatable bonds is 3. The lowest BCUT2D eigenvalue weighted by Gasteiger charge is -2.28. The molecule has 0 aliphatic heterocycles. The van der Waals surface area contributed by atoms with E-state index in [1.165, 1.54) is 6.07 Å². The molecule has 3 N–H and O–H groups in total. The first-order valence-electron chi connectivity index (χ1n) is 6.48. The first kappa shape index (κ1) is 14.6. The van der Waals surface area contributed by atoms with Crippen LogP contribution < -0.4 is 10.6 Å². The van der Waals surface area contributed by atoms with Crippen molar-refractivity contribution in [1.29, 1.82) is 5.26 Å². The molecule has 1 aliphatic rings. The number of nitriles is 1. The van der Waals surface area contributed by atoms with Crippen molar-refractivity contribution < 1.29 is 9.90 Å². The third kappa shape index (κ3) is 3.21. The van der Waals surface area contributed by atoms with Crippen LogP contribution in [-0.4, -0.2) is 23.3 Å². The molecule has 0 unspecified atom stereocenters. The molecule has 106 valence electrons. The van der Waals surface area contributed by atoms with Gasteiger partial charge in [0.25, 0.3) is 0 Å². The normalized spacial score (nSPS) is 16.4. The van der Waals surface area contributed by atoms with Gasteiger partial charge < -0.3 is 15.7 Å². The van der Waals surface area contributed by atoms with Crippen LogP contribution in [0.2, 0.25) is 5.02 Å². The maximum Gasteiger partial charge on any atom is 0.319 e. The van der Waals surface area contributed by atoms with E-state index in [1.807, 2.05) is 6.07 Å². The van der Waals surface area contributed by atoms with Gasteiger partial charge in [-0.15, -0.1) is 0 Å². The van der Waals surface area contributed by atoms with Crippen LogP contribution in [0.1, 0.15) is 31.2 Å². The van der Waals surface area contributed by atoms with E-state index in [0.717, 1.165) is 25.7 Å². The van der Waals surface area contributed by atoms with Crippen LogP contribution in [0.15, 0.2) is 18.2 Å². The Bertz CT molecular complexity index is 548. The van der Waals surface area contributed by atoms with Gasteiger partial charge in [-0.05, 0) is 31.0 Å². The summed E-state index contributed by atoms with van der Waals surface area (Å²) in [4.78, 5) is 12.0. The number of benzene rings is 1. The van der Waals surface area contributed by atoms with E-state index in [4.69, 9.17) is 16.9 Å². The van der Waals surface area contributed by atoms with E-state index in [9.17, 15) is 9.90 Å². The van der Waals surface area contributed by atoms with Crippen molar-refractivity contribution in [3.63, 3.8) is 0 Å². The summed E-state index contributed by atoms with van der Waals surface area (Å²) < 4.78 is 0. The molecule has 0 saturated heterocycles. The lowest BCUT2D eigenvalue weighted by Crippen LogP contribution is -2.50. The van der Waals surface area contributed by atoms with Gasteiger partial charge in [-0.2, -0.15) is 5.26 Å². The molecule has 0 radical (unpaired) electrons. The fourth-order valence-corrected chi connectivity index (χ4v) is 2.68. The molecule has 2 rings (SSSR count). The number of hydrogen-bond donors (Lipinski definition) is 3. The number of anilines is 1. The van der Waals surface area contributed by atoms with Crippen LogP contribution >= 0.6 is 11.6 Å². The van der Waals surface area contributed by atoms with Gasteiger partial charge in [0.2, 0.25) is 0 Å². The number of nitrogens with zero attached hydrogens (tertiary/aromatic N) is 1. The van der Waals surface area contributed by atoms with Crippen molar-refractivity contribution in [3.8, 4) is 6.07 Å². The minimum atomic E-state index is -0.513. The van der Waals surface area contributed by atoms with Gasteiger partial charge in [-0.3, -0.25) is 0 Å². The summed E-state index contributed by atoms with van der Waals surface area (Å²) in [6.45, 7) is -0.0610. The number of halogens is 1. The summed E-state index contributed by atoms with van der Waals surface area (Å²) in [5, 5.41) is 24.0. The SMILES string of the molecule is N#Cc1ccc(NC(=O)NC2(CO)CCCC2)cc1Cl. The molecule has 5 nitrogen and oxygen atoms in total. The summed E-state index contributed by atoms with van der Waals surface area (Å²) in [5.41, 5.74) is 0.360. The first-order chi connectivity index (χ1) is 9.58. The number of aliphatic hydroxyl groups is 1. The number of urea groups is 1. The fraction of sp³-hybridized carbons (Fsp3) is 0.429. The van der Waals surface area contributed by atoms with Crippen molar-refractivity contribution >= 4 is 23.3 Å². The predicted molar refractivity (Wildman–Crippen MR) is 76.6 cm³/mol. The highest BCUT2D eigenvalue weighted by Crippen LogP contribution is 2.29. The highest BCUT2D eigenvalue weighted by Gasteiger charge is 2.34. The fourth-order valence-electron chi connectivity index (χ4n) is 2.46. The number of carbonyl (C=O) groups excluding carboxylic acids is 1. The molecule has 1 aromatic rings. The third-order valence-electron chi connectivity index (χ3n) is 3.59. The van der Waals surface area contributed by atoms with E-state index in [2.05, 4.69) is 10.6 Å². The number of carbonyl (C=O) groups is 1. The van der Waals surface area contributed by atoms with Crippen molar-refractivity contribution in [1.82, 2.24) is 5.32 Å². The molecule has 0 heterocycles. The van der Waals surface area contributed by atoms with Crippen LogP contribution in [0, 0.1) is 11.3 Å². The first-order valence-corrected chi connectivity index (χ1v) is 6.86. The molecule has 1 aromatic carbocycles. The van der Waals surface area contributed by atoms with E-state index in [1.54, 1.807) is 12.1 Å². The predicted octanol–water partition coefficient (Wildman–Crippen LogP) is 2.64. The van der Waals surface area contributed by atoms with Crippen LogP contribution in [-0.2, 0) is 0 Å². The second kappa shape index (κ2) is 6.12. The second-order valence-corrected chi connectivity index (χ2v) is 5.44. The zero-order valence-corrected chi connectivity index (χ0v) is 11.7. The van der Waals surface area contributed by atoms with Crippen LogP contribution in [0.25, 0.3) is 0 Å². The Balaban J connectivity index is 2.01. The number of amides is 2. The van der Waals surface area contributed by atoms with Crippen LogP contribution in [0.3, 0.4) is 0 Å². The van der Waals surface area contributed by atoms with E-state index in [-0.39, 0.29) is 12.6 Å². The molecule has 0 atom stereocenters. The van der Waals surface area contributed by atoms with E-state index < -0.39 is 5.54 Å². The second-order valence-electron chi connectivity index (χ2n) is 5.03. The van der Waals surface area contributed by atoms with Gasteiger partial charge in [0.1, 0.15) is 6.07 Å². The van der Waals surface area contributed by atoms with Gasteiger partial charge >= 0.3 is 6.03 Å². The van der Waals surface area contributed by atoms with Crippen LogP contribution in [0.5, 0.6) is 0 Å². The summed E-state index contributed by atoms with van der Waals surface area (Å²) in [5.74, 6) is 0. The lowest BCUT2D eigenvalue weighted by molar-refractivity contribution is 0.167. The van der Waals surface area contributed by atoms with Gasteiger partial charge in [0.15, 0.2) is 0 Å². The van der Waals surface area contributed by atoms with E-state index >= 15 is 0 Å². The molecule has 6 heteroatoms. The summed E-state index contributed by atoms with van der Waals surface area (Å²) in [6.07, 6.45) is 3.57. The van der Waals surface area contributed by atoms with Gasteiger partial charge in [-0.25, -0.2) is 4.79 Å². The Kier molecular flexibility index (Phi) is 4.48. The minimum Gasteiger partial charge on any atom is -0.394 e. The monoisotopic (exact) mass is 293 g/mol. The standard InChI is InChI=1S/C14H16ClN3O2/c15-12-7-11(4-3-10(12)8-16)17-13(20)18-14(9-19)5-1-2-6-14/h3-4,7,19H,1-2,5-6,9H2,(H2,17,18,20). The van der Waals surface area contributed by atoms with Gasteiger partial charge in [-0.1, -0.05) is 24.4 Å². The summed E-state index contributed by atoms with van der Waals surface area (Å²) >= 11 is 5.90. The topological polar surface area (TPSA) is 85.2 Å². The van der Waals surface area contributed by atoms with Crippen molar-refractivity contribution in [3.05, 3.63) is 28.8 Å². The van der Waals surface area contributed by atoms with Gasteiger partial charge in [0, 0.05) is 5.69 Å². The minimum absolute atomic E-state index is 0.0610. The molecule has 1 saturated carbocycles. The highest BCUT2D eigenvalue weighted by atomic mass is 35.5. The maximum absolute atomic E-state index is 12.0. The Morgan fingerprint density at radius 2 is 2.15 bits per heavy atom. The quantitative estimate of drug-likeness (QED) is 0.801. The Hall–Kier alpha value is -1.77. The third-order valence-corrected chi connectivity index (χ3v) is 3.90. The molecular formula is C14H16ClN3O2. The Labute approximate surface area is 122 Å². The molecule has 1 fully saturated rings. The maximum atomic E-state index is 12.0. The number of aliphatic hydroxyl groups excluding tert-OH is 1. The summed E-state index contributed by atoms with van der Waals surface area (Å²) in [7, 11) is 0. The molecule has 0 spiro atoms. The molecular weight excluding hydrogens is 278 g/mol. The van der Waals surface area contributed by atoms with Crippen molar-refractivity contribution in [2.45, 2.75) is 31.2 Å². The van der Waals surface area contributed by atoms with Crippen LogP contribution in [0.4, 0.5) is 10.5 Å². The van der Waals surface area contributed by atoms with Crippen molar-refractivity contribution in [2.75, 3.05) is 11.9 Å². The average molecular weight is 294 g/mol. The number of nitrogens with one attached hydrogen (secondary N) is 2. The Morgan fingerprint density at radius 1 is 1.45 bits per heavy atom. The van der Waals surface area contributed by atoms with Gasteiger partial charge in [0.05, 0.1) is 22.7 Å². The van der Waals surface area contributed by atoms with Crippen molar-refractivity contribution in [2.24, 2.45) is 0 Å². The molecule has 2 amide bonds. The average Bonchev–Trinajstić information content (AvgIpc) is 2.88. The number of hydrogen-bond acceptors (Lipinski definition) is 3. The Morgan fingerprint density at radius 3 is 2.70 bits per heavy atom. The lowest BCUT2D eigenvalue weighted by atomic mass is 9.99. The summed E-state index contributed by atoms with van der Waals surface area (Å²) in [6, 6.07) is 6.28. The zero-order valence-electron chi connectivity index (χ0n) is 10.9. The molecule has 20 heavy (non-hydrogen) atoms. The largest absolute Gasteiger partial charge is 0.394 e. The molecule has 0 bridgehead atoms. The highest BCUT2D eigenvalue weighted by molar-refractivity contribution is 6.32. The smallest absolute Gasteiger partial charge is 0.319 e. The molecule has 1 aliphatic carbocycles. The van der Waals surface area contributed by atoms with E-state index in [0.29, 0.717) is 16.3 Å². The molecule has 0 aromatic heterocycles.